The van der Waals surface area contributed by atoms with Gasteiger partial charge in [0, 0.05) is 11.3 Å². The number of amides is 2. The number of para-hydroxylation sites is 1. The number of nitrogens with one attached hydrogen (secondary N) is 1. The van der Waals surface area contributed by atoms with Crippen LogP contribution in [-0.4, -0.2) is 31.6 Å². The Morgan fingerprint density at radius 1 is 1.07 bits per heavy atom. The molecule has 30 heavy (non-hydrogen) atoms. The van der Waals surface area contributed by atoms with E-state index in [1.807, 2.05) is 55.5 Å². The van der Waals surface area contributed by atoms with Crippen LogP contribution in [0, 0.1) is 6.92 Å². The van der Waals surface area contributed by atoms with E-state index in [2.05, 4.69) is 5.32 Å². The van der Waals surface area contributed by atoms with Gasteiger partial charge in [0.2, 0.25) is 0 Å². The molecular formula is C24H22N2O4. The van der Waals surface area contributed by atoms with Gasteiger partial charge >= 0.3 is 0 Å². The zero-order valence-corrected chi connectivity index (χ0v) is 16.6. The van der Waals surface area contributed by atoms with E-state index in [0.717, 1.165) is 11.3 Å². The number of rotatable bonds is 6. The van der Waals surface area contributed by atoms with Crippen molar-refractivity contribution in [3.05, 3.63) is 83.9 Å². The molecule has 6 nitrogen and oxygen atoms in total. The number of carbonyl (C=O) groups excluding carboxylic acids is 2. The lowest BCUT2D eigenvalue weighted by molar-refractivity contribution is -0.121. The quantitative estimate of drug-likeness (QED) is 0.675. The number of hydrogen-bond donors (Lipinski definition) is 1. The molecule has 0 saturated carbocycles. The van der Waals surface area contributed by atoms with Crippen LogP contribution in [-0.2, 0) is 4.79 Å². The molecule has 0 aliphatic carbocycles. The molecule has 0 radical (unpaired) electrons. The zero-order chi connectivity index (χ0) is 20.9. The van der Waals surface area contributed by atoms with Crippen molar-refractivity contribution >= 4 is 23.2 Å². The summed E-state index contributed by atoms with van der Waals surface area (Å²) in [5.41, 5.74) is 2.79. The monoisotopic (exact) mass is 402 g/mol. The topological polar surface area (TPSA) is 67.9 Å². The highest BCUT2D eigenvalue weighted by Crippen LogP contribution is 2.34. The van der Waals surface area contributed by atoms with E-state index in [-0.39, 0.29) is 18.4 Å². The van der Waals surface area contributed by atoms with Crippen molar-refractivity contribution in [2.24, 2.45) is 0 Å². The SMILES string of the molecule is Cc1cccc(C(=O)Nc2ccc3c(c2)N(CCOc2ccccc2)C(=O)CO3)c1. The molecule has 0 unspecified atom stereocenters. The van der Waals surface area contributed by atoms with Crippen LogP contribution in [0.5, 0.6) is 11.5 Å². The minimum absolute atomic E-state index is 0.0205. The number of carbonyl (C=O) groups is 2. The van der Waals surface area contributed by atoms with Gasteiger partial charge in [-0.1, -0.05) is 35.9 Å². The molecule has 1 heterocycles. The summed E-state index contributed by atoms with van der Waals surface area (Å²) in [4.78, 5) is 26.6. The number of aryl methyl sites for hydroxylation is 1. The van der Waals surface area contributed by atoms with Crippen molar-refractivity contribution in [2.45, 2.75) is 6.92 Å². The molecular weight excluding hydrogens is 380 g/mol. The van der Waals surface area contributed by atoms with Gasteiger partial charge < -0.3 is 19.7 Å². The van der Waals surface area contributed by atoms with E-state index >= 15 is 0 Å². The molecule has 0 fully saturated rings. The molecule has 3 aromatic carbocycles. The van der Waals surface area contributed by atoms with Crippen LogP contribution in [0.15, 0.2) is 72.8 Å². The Morgan fingerprint density at radius 3 is 2.70 bits per heavy atom. The summed E-state index contributed by atoms with van der Waals surface area (Å²) < 4.78 is 11.3. The Morgan fingerprint density at radius 2 is 1.90 bits per heavy atom. The minimum Gasteiger partial charge on any atom is -0.492 e. The van der Waals surface area contributed by atoms with Crippen molar-refractivity contribution in [2.75, 3.05) is 30.0 Å². The number of nitrogens with zero attached hydrogens (tertiary/aromatic N) is 1. The molecule has 2 amide bonds. The second-order valence-corrected chi connectivity index (χ2v) is 7.00. The van der Waals surface area contributed by atoms with Crippen LogP contribution in [0.1, 0.15) is 15.9 Å². The van der Waals surface area contributed by atoms with Crippen molar-refractivity contribution in [3.63, 3.8) is 0 Å². The van der Waals surface area contributed by atoms with Crippen LogP contribution in [0.25, 0.3) is 0 Å². The molecule has 3 aromatic rings. The Kier molecular flexibility index (Phi) is 5.66. The Bertz CT molecular complexity index is 1070. The van der Waals surface area contributed by atoms with E-state index in [1.165, 1.54) is 0 Å². The lowest BCUT2D eigenvalue weighted by atomic mass is 10.1. The summed E-state index contributed by atoms with van der Waals surface area (Å²) in [5.74, 6) is 0.988. The maximum atomic E-state index is 12.6. The maximum absolute atomic E-state index is 12.6. The summed E-state index contributed by atoms with van der Waals surface area (Å²) in [7, 11) is 0. The second-order valence-electron chi connectivity index (χ2n) is 7.00. The summed E-state index contributed by atoms with van der Waals surface area (Å²) in [5, 5.41) is 2.89. The van der Waals surface area contributed by atoms with Gasteiger partial charge in [-0.05, 0) is 49.4 Å². The second kappa shape index (κ2) is 8.69. The fourth-order valence-corrected chi connectivity index (χ4v) is 3.29. The highest BCUT2D eigenvalue weighted by Gasteiger charge is 2.26. The van der Waals surface area contributed by atoms with E-state index < -0.39 is 0 Å². The first-order chi connectivity index (χ1) is 14.6. The number of ether oxygens (including phenoxy) is 2. The third-order valence-corrected chi connectivity index (χ3v) is 4.77. The molecule has 0 spiro atoms. The van der Waals surface area contributed by atoms with Crippen molar-refractivity contribution in [3.8, 4) is 11.5 Å². The lowest BCUT2D eigenvalue weighted by Crippen LogP contribution is -2.41. The van der Waals surface area contributed by atoms with Crippen LogP contribution >= 0.6 is 0 Å². The predicted molar refractivity (Wildman–Crippen MR) is 115 cm³/mol. The Balaban J connectivity index is 1.49. The molecule has 1 N–H and O–H groups in total. The third-order valence-electron chi connectivity index (χ3n) is 4.77. The zero-order valence-electron chi connectivity index (χ0n) is 16.6. The predicted octanol–water partition coefficient (Wildman–Crippen LogP) is 4.05. The van der Waals surface area contributed by atoms with Crippen molar-refractivity contribution in [1.82, 2.24) is 0 Å². The lowest BCUT2D eigenvalue weighted by Gasteiger charge is -2.29. The summed E-state index contributed by atoms with van der Waals surface area (Å²) in [6, 6.07) is 22.1. The smallest absolute Gasteiger partial charge is 0.265 e. The first-order valence-corrected chi connectivity index (χ1v) is 9.73. The van der Waals surface area contributed by atoms with Gasteiger partial charge in [-0.2, -0.15) is 0 Å². The summed E-state index contributed by atoms with van der Waals surface area (Å²) in [6.07, 6.45) is 0. The number of hydrogen-bond acceptors (Lipinski definition) is 4. The molecule has 4 rings (SSSR count). The fraction of sp³-hybridized carbons (Fsp3) is 0.167. The van der Waals surface area contributed by atoms with Gasteiger partial charge in [0.15, 0.2) is 6.61 Å². The van der Waals surface area contributed by atoms with E-state index in [1.54, 1.807) is 29.2 Å². The fourth-order valence-electron chi connectivity index (χ4n) is 3.29. The first-order valence-electron chi connectivity index (χ1n) is 9.73. The third kappa shape index (κ3) is 4.43. The molecule has 0 saturated heterocycles. The molecule has 0 aromatic heterocycles. The van der Waals surface area contributed by atoms with Crippen LogP contribution in [0.4, 0.5) is 11.4 Å². The van der Waals surface area contributed by atoms with Crippen molar-refractivity contribution in [1.29, 1.82) is 0 Å². The largest absolute Gasteiger partial charge is 0.492 e. The number of fused-ring (bicyclic) bond motifs is 1. The Hall–Kier alpha value is -3.80. The van der Waals surface area contributed by atoms with E-state index in [0.29, 0.717) is 35.8 Å². The first kappa shape index (κ1) is 19.5. The average Bonchev–Trinajstić information content (AvgIpc) is 2.76. The molecule has 1 aliphatic heterocycles. The molecule has 6 heteroatoms. The highest BCUT2D eigenvalue weighted by atomic mass is 16.5. The maximum Gasteiger partial charge on any atom is 0.265 e. The minimum atomic E-state index is -0.208. The number of anilines is 2. The van der Waals surface area contributed by atoms with E-state index in [4.69, 9.17) is 9.47 Å². The van der Waals surface area contributed by atoms with Crippen molar-refractivity contribution < 1.29 is 19.1 Å². The van der Waals surface area contributed by atoms with E-state index in [9.17, 15) is 9.59 Å². The van der Waals surface area contributed by atoms with Gasteiger partial charge in [-0.3, -0.25) is 9.59 Å². The Labute approximate surface area is 175 Å². The van der Waals surface area contributed by atoms with Gasteiger partial charge in [0.1, 0.15) is 18.1 Å². The van der Waals surface area contributed by atoms with Gasteiger partial charge in [0.05, 0.1) is 12.2 Å². The van der Waals surface area contributed by atoms with Crippen LogP contribution in [0.3, 0.4) is 0 Å². The van der Waals surface area contributed by atoms with Gasteiger partial charge in [-0.25, -0.2) is 0 Å². The normalized spacial score (nSPS) is 12.7. The summed E-state index contributed by atoms with van der Waals surface area (Å²) in [6.45, 7) is 2.63. The number of benzene rings is 3. The highest BCUT2D eigenvalue weighted by molar-refractivity contribution is 6.05. The molecule has 0 bridgehead atoms. The van der Waals surface area contributed by atoms with Crippen LogP contribution in [0.2, 0.25) is 0 Å². The van der Waals surface area contributed by atoms with Gasteiger partial charge in [0.25, 0.3) is 11.8 Å². The molecule has 152 valence electrons. The summed E-state index contributed by atoms with van der Waals surface area (Å²) >= 11 is 0. The van der Waals surface area contributed by atoms with Crippen LogP contribution < -0.4 is 19.7 Å². The standard InChI is InChI=1S/C24H22N2O4/c1-17-6-5-7-18(14-17)24(28)25-19-10-11-22-21(15-19)26(23(27)16-30-22)12-13-29-20-8-3-2-4-9-20/h2-11,14-15H,12-13,16H2,1H3,(H,25,28). The van der Waals surface area contributed by atoms with Gasteiger partial charge in [-0.15, -0.1) is 0 Å². The molecule has 0 atom stereocenters. The average molecular weight is 402 g/mol. The molecule has 1 aliphatic rings.